The fourth-order valence-corrected chi connectivity index (χ4v) is 4.97. The Labute approximate surface area is 178 Å². The highest BCUT2D eigenvalue weighted by Gasteiger charge is 2.29. The molecule has 2 aromatic carbocycles. The van der Waals surface area contributed by atoms with Crippen LogP contribution in [0, 0.1) is 13.8 Å². The Hall–Kier alpha value is -2.58. The summed E-state index contributed by atoms with van der Waals surface area (Å²) >= 11 is 0. The van der Waals surface area contributed by atoms with E-state index in [1.54, 1.807) is 19.1 Å². The smallest absolute Gasteiger partial charge is 0.260 e. The lowest BCUT2D eigenvalue weighted by atomic mass is 10.1. The number of nitrogens with zero attached hydrogens (tertiary/aromatic N) is 2. The number of carbonyl (C=O) groups excluding carboxylic acids is 1. The lowest BCUT2D eigenvalue weighted by Crippen LogP contribution is -2.48. The zero-order valence-corrected chi connectivity index (χ0v) is 18.7. The number of nitrogens with one attached hydrogen (secondary N) is 1. The number of piperazine rings is 1. The number of likely N-dealkylation sites (N-methyl/N-ethyl adjacent to an activating group) is 1. The highest BCUT2D eigenvalue weighted by atomic mass is 32.2. The van der Waals surface area contributed by atoms with Crippen molar-refractivity contribution in [1.82, 2.24) is 9.62 Å². The van der Waals surface area contributed by atoms with Crippen LogP contribution in [0.1, 0.15) is 18.1 Å². The molecule has 1 heterocycles. The quantitative estimate of drug-likeness (QED) is 0.760. The summed E-state index contributed by atoms with van der Waals surface area (Å²) in [7, 11) is -2.04. The highest BCUT2D eigenvalue weighted by molar-refractivity contribution is 7.89. The van der Waals surface area contributed by atoms with Gasteiger partial charge in [-0.1, -0.05) is 12.1 Å². The first kappa shape index (κ1) is 22.1. The van der Waals surface area contributed by atoms with Crippen LogP contribution in [0.15, 0.2) is 47.4 Å². The van der Waals surface area contributed by atoms with Crippen LogP contribution in [0.2, 0.25) is 0 Å². The van der Waals surface area contributed by atoms with E-state index in [4.69, 9.17) is 4.74 Å². The molecule has 0 bridgehead atoms. The highest BCUT2D eigenvalue weighted by Crippen LogP contribution is 2.26. The zero-order valence-electron chi connectivity index (χ0n) is 17.9. The molecule has 8 heteroatoms. The second-order valence-electron chi connectivity index (χ2n) is 7.46. The first-order chi connectivity index (χ1) is 14.2. The minimum absolute atomic E-state index is 0.225. The van der Waals surface area contributed by atoms with Crippen molar-refractivity contribution < 1.29 is 17.9 Å². The van der Waals surface area contributed by atoms with E-state index in [-0.39, 0.29) is 10.8 Å². The van der Waals surface area contributed by atoms with Crippen LogP contribution in [0.3, 0.4) is 0 Å². The number of aryl methyl sites for hydroxylation is 1. The molecule has 3 rings (SSSR count). The SMILES string of the molecule is CNC(=O)[C@H](C)Oc1ccc(S(=O)(=O)N2CCN(c3cccc(C)c3C)CC2)cc1. The van der Waals surface area contributed by atoms with Gasteiger partial charge < -0.3 is 15.0 Å². The van der Waals surface area contributed by atoms with Crippen LogP contribution in [0.25, 0.3) is 0 Å². The Morgan fingerprint density at radius 1 is 1.03 bits per heavy atom. The third-order valence-electron chi connectivity index (χ3n) is 5.55. The van der Waals surface area contributed by atoms with Crippen LogP contribution >= 0.6 is 0 Å². The molecule has 1 saturated heterocycles. The van der Waals surface area contributed by atoms with Crippen molar-refractivity contribution in [3.05, 3.63) is 53.6 Å². The van der Waals surface area contributed by atoms with Crippen molar-refractivity contribution in [3.63, 3.8) is 0 Å². The van der Waals surface area contributed by atoms with Crippen LogP contribution in [-0.2, 0) is 14.8 Å². The minimum Gasteiger partial charge on any atom is -0.481 e. The molecule has 1 amide bonds. The van der Waals surface area contributed by atoms with Gasteiger partial charge >= 0.3 is 0 Å². The van der Waals surface area contributed by atoms with E-state index in [9.17, 15) is 13.2 Å². The fraction of sp³-hybridized carbons (Fsp3) is 0.409. The number of sulfonamides is 1. The van der Waals surface area contributed by atoms with Crippen LogP contribution < -0.4 is 15.0 Å². The topological polar surface area (TPSA) is 78.9 Å². The maximum atomic E-state index is 13.0. The van der Waals surface area contributed by atoms with Crippen molar-refractivity contribution in [2.75, 3.05) is 38.1 Å². The van der Waals surface area contributed by atoms with Crippen molar-refractivity contribution in [3.8, 4) is 5.75 Å². The van der Waals surface area contributed by atoms with E-state index in [0.717, 1.165) is 0 Å². The van der Waals surface area contributed by atoms with Gasteiger partial charge in [-0.15, -0.1) is 0 Å². The third kappa shape index (κ3) is 4.60. The number of ether oxygens (including phenoxy) is 1. The fourth-order valence-electron chi connectivity index (χ4n) is 3.55. The number of rotatable bonds is 6. The van der Waals surface area contributed by atoms with E-state index in [1.165, 1.54) is 40.3 Å². The molecule has 162 valence electrons. The molecule has 0 radical (unpaired) electrons. The molecule has 0 spiro atoms. The van der Waals surface area contributed by atoms with Gasteiger partial charge in [0, 0.05) is 38.9 Å². The Morgan fingerprint density at radius 2 is 1.67 bits per heavy atom. The van der Waals surface area contributed by atoms with Gasteiger partial charge in [-0.05, 0) is 62.2 Å². The lowest BCUT2D eigenvalue weighted by Gasteiger charge is -2.36. The Kier molecular flexibility index (Phi) is 6.67. The Morgan fingerprint density at radius 3 is 2.27 bits per heavy atom. The molecule has 0 aromatic heterocycles. The van der Waals surface area contributed by atoms with Crippen molar-refractivity contribution in [2.45, 2.75) is 31.8 Å². The number of hydrogen-bond donors (Lipinski definition) is 1. The summed E-state index contributed by atoms with van der Waals surface area (Å²) in [6.07, 6.45) is -0.657. The van der Waals surface area contributed by atoms with Gasteiger partial charge in [0.15, 0.2) is 6.10 Å². The van der Waals surface area contributed by atoms with E-state index in [1.807, 2.05) is 6.07 Å². The molecular formula is C22H29N3O4S. The average Bonchev–Trinajstić information content (AvgIpc) is 2.75. The summed E-state index contributed by atoms with van der Waals surface area (Å²) in [5, 5.41) is 2.51. The van der Waals surface area contributed by atoms with Crippen molar-refractivity contribution in [1.29, 1.82) is 0 Å². The molecule has 1 atom stereocenters. The maximum absolute atomic E-state index is 13.0. The number of anilines is 1. The standard InChI is InChI=1S/C22H29N3O4S/c1-16-6-5-7-21(17(16)2)24-12-14-25(15-13-24)30(27,28)20-10-8-19(9-11-20)29-18(3)22(26)23-4/h5-11,18H,12-15H2,1-4H3,(H,23,26)/t18-/m0/s1. The van der Waals surface area contributed by atoms with E-state index in [0.29, 0.717) is 31.9 Å². The monoisotopic (exact) mass is 431 g/mol. The second kappa shape index (κ2) is 9.06. The summed E-state index contributed by atoms with van der Waals surface area (Å²) in [6.45, 7) is 7.98. The summed E-state index contributed by atoms with van der Waals surface area (Å²) in [5.41, 5.74) is 3.63. The lowest BCUT2D eigenvalue weighted by molar-refractivity contribution is -0.126. The molecule has 30 heavy (non-hydrogen) atoms. The number of carbonyl (C=O) groups is 1. The summed E-state index contributed by atoms with van der Waals surface area (Å²) in [6, 6.07) is 12.4. The van der Waals surface area contributed by atoms with Gasteiger partial charge in [-0.2, -0.15) is 4.31 Å². The molecule has 7 nitrogen and oxygen atoms in total. The maximum Gasteiger partial charge on any atom is 0.260 e. The zero-order chi connectivity index (χ0) is 21.9. The van der Waals surface area contributed by atoms with Gasteiger partial charge in [-0.25, -0.2) is 8.42 Å². The first-order valence-electron chi connectivity index (χ1n) is 10.0. The van der Waals surface area contributed by atoms with Crippen LogP contribution in [0.5, 0.6) is 5.75 Å². The van der Waals surface area contributed by atoms with Gasteiger partial charge in [-0.3, -0.25) is 4.79 Å². The predicted octanol–water partition coefficient (Wildman–Crippen LogP) is 2.33. The van der Waals surface area contributed by atoms with Gasteiger partial charge in [0.25, 0.3) is 5.91 Å². The van der Waals surface area contributed by atoms with Crippen LogP contribution in [-0.4, -0.2) is 58.0 Å². The second-order valence-corrected chi connectivity index (χ2v) is 9.39. The van der Waals surface area contributed by atoms with Crippen LogP contribution in [0.4, 0.5) is 5.69 Å². The summed E-state index contributed by atoms with van der Waals surface area (Å²) < 4.78 is 33.1. The predicted molar refractivity (Wildman–Crippen MR) is 117 cm³/mol. The number of benzene rings is 2. The normalized spacial score (nSPS) is 16.2. The molecular weight excluding hydrogens is 402 g/mol. The number of hydrogen-bond acceptors (Lipinski definition) is 5. The molecule has 1 fully saturated rings. The number of amides is 1. The van der Waals surface area contributed by atoms with Crippen molar-refractivity contribution in [2.24, 2.45) is 0 Å². The molecule has 0 unspecified atom stereocenters. The molecule has 1 aliphatic rings. The Bertz CT molecular complexity index is 998. The van der Waals surface area contributed by atoms with Gasteiger partial charge in [0.05, 0.1) is 4.90 Å². The van der Waals surface area contributed by atoms with E-state index < -0.39 is 16.1 Å². The summed E-state index contributed by atoms with van der Waals surface area (Å²) in [4.78, 5) is 14.0. The third-order valence-corrected chi connectivity index (χ3v) is 7.46. The summed E-state index contributed by atoms with van der Waals surface area (Å²) in [5.74, 6) is 0.207. The molecule has 1 aliphatic heterocycles. The first-order valence-corrected chi connectivity index (χ1v) is 11.5. The average molecular weight is 432 g/mol. The minimum atomic E-state index is -3.58. The van der Waals surface area contributed by atoms with Crippen molar-refractivity contribution >= 4 is 21.6 Å². The molecule has 0 aliphatic carbocycles. The molecule has 2 aromatic rings. The molecule has 1 N–H and O–H groups in total. The van der Waals surface area contributed by atoms with Gasteiger partial charge in [0.1, 0.15) is 5.75 Å². The Balaban J connectivity index is 1.66. The largest absolute Gasteiger partial charge is 0.481 e. The van der Waals surface area contributed by atoms with E-state index in [2.05, 4.69) is 36.2 Å². The van der Waals surface area contributed by atoms with Gasteiger partial charge in [0.2, 0.25) is 10.0 Å². The molecule has 0 saturated carbocycles. The van der Waals surface area contributed by atoms with E-state index >= 15 is 0 Å².